The molecule has 6 rings (SSSR count). The van der Waals surface area contributed by atoms with Crippen LogP contribution >= 0.6 is 0 Å². The first kappa shape index (κ1) is 38.0. The zero-order valence-corrected chi connectivity index (χ0v) is 29.1. The highest BCUT2D eigenvalue weighted by molar-refractivity contribution is 5.91. The van der Waals surface area contributed by atoms with Crippen molar-refractivity contribution in [1.29, 1.82) is 0 Å². The molecule has 12 nitrogen and oxygen atoms in total. The number of likely N-dealkylation sites (N-methyl/N-ethyl adjacent to an activating group) is 1. The number of aliphatic hydroxyl groups excluding tert-OH is 1. The van der Waals surface area contributed by atoms with E-state index < -0.39 is 24.1 Å². The minimum absolute atomic E-state index is 0.0160. The molecule has 4 N–H and O–H groups in total. The van der Waals surface area contributed by atoms with E-state index in [4.69, 9.17) is 25.1 Å². The van der Waals surface area contributed by atoms with Crippen molar-refractivity contribution >= 4 is 18.0 Å². The fourth-order valence-electron chi connectivity index (χ4n) is 7.34. The average molecular weight is 693 g/mol. The lowest BCUT2D eigenvalue weighted by molar-refractivity contribution is -0.131. The number of methoxy groups -OCH3 is 2. The lowest BCUT2D eigenvalue weighted by atomic mass is 9.52. The number of likely N-dealkylation sites (tertiary alicyclic amines) is 1. The van der Waals surface area contributed by atoms with E-state index in [2.05, 4.69) is 39.6 Å². The molecule has 1 amide bonds. The Morgan fingerprint density at radius 2 is 1.64 bits per heavy atom. The first-order valence-corrected chi connectivity index (χ1v) is 16.7. The Balaban J connectivity index is 0.000000173. The lowest BCUT2D eigenvalue weighted by Gasteiger charge is -2.58. The highest BCUT2D eigenvalue weighted by Gasteiger charge is 2.53. The predicted octanol–water partition coefficient (Wildman–Crippen LogP) is 5.22. The van der Waals surface area contributed by atoms with Gasteiger partial charge in [-0.15, -0.1) is 0 Å². The largest absolute Gasteiger partial charge is 0.497 e. The molecule has 0 radical (unpaired) electrons. The molecule has 1 saturated heterocycles. The van der Waals surface area contributed by atoms with Crippen LogP contribution in [-0.4, -0.2) is 86.3 Å². The normalized spacial score (nSPS) is 20.8. The molecule has 0 spiro atoms. The molecule has 1 saturated carbocycles. The second-order valence-electron chi connectivity index (χ2n) is 12.7. The quantitative estimate of drug-likeness (QED) is 0.199. The summed E-state index contributed by atoms with van der Waals surface area (Å²) in [4.78, 5) is 34.1. The number of nitrogens with zero attached hydrogens (tertiary/aromatic N) is 1. The van der Waals surface area contributed by atoms with Gasteiger partial charge in [-0.2, -0.15) is 0 Å². The van der Waals surface area contributed by atoms with Crippen LogP contribution in [0.2, 0.25) is 0 Å². The van der Waals surface area contributed by atoms with Gasteiger partial charge in [0, 0.05) is 18.4 Å². The number of piperidine rings is 1. The van der Waals surface area contributed by atoms with E-state index in [9.17, 15) is 19.5 Å². The van der Waals surface area contributed by atoms with Crippen LogP contribution in [-0.2, 0) is 21.4 Å². The summed E-state index contributed by atoms with van der Waals surface area (Å²) >= 11 is 0. The number of hydrogen-bond acceptors (Lipinski definition) is 10. The summed E-state index contributed by atoms with van der Waals surface area (Å²) in [5.74, 6) is 1.41. The van der Waals surface area contributed by atoms with E-state index in [1.54, 1.807) is 54.6 Å². The Morgan fingerprint density at radius 1 is 0.940 bits per heavy atom. The lowest BCUT2D eigenvalue weighted by Crippen LogP contribution is -2.59. The second-order valence-corrected chi connectivity index (χ2v) is 12.7. The van der Waals surface area contributed by atoms with Gasteiger partial charge in [0.25, 0.3) is 0 Å². The molecule has 3 aromatic rings. The summed E-state index contributed by atoms with van der Waals surface area (Å²) in [5.41, 5.74) is 8.41. The third-order valence-electron chi connectivity index (χ3n) is 9.61. The number of carbonyl (C=O) groups excluding carboxylic acids is 2. The number of fused-ring (bicyclic) bond motifs is 1. The van der Waals surface area contributed by atoms with E-state index in [0.29, 0.717) is 16.9 Å². The molecule has 3 aromatic carbocycles. The maximum absolute atomic E-state index is 10.6. The molecule has 0 aromatic heterocycles. The zero-order chi connectivity index (χ0) is 36.3. The molecule has 2 fully saturated rings. The number of hydrogen-bond donors (Lipinski definition) is 3. The Kier molecular flexibility index (Phi) is 13.5. The third-order valence-corrected chi connectivity index (χ3v) is 9.61. The Morgan fingerprint density at radius 3 is 2.30 bits per heavy atom. The Labute approximate surface area is 293 Å². The van der Waals surface area contributed by atoms with Gasteiger partial charge in [-0.3, -0.25) is 4.79 Å². The van der Waals surface area contributed by atoms with Gasteiger partial charge in [-0.25, -0.2) is 9.59 Å². The van der Waals surface area contributed by atoms with Crippen LogP contribution in [0.1, 0.15) is 60.5 Å². The second kappa shape index (κ2) is 17.7. The molecule has 4 atom stereocenters. The molecule has 50 heavy (non-hydrogen) atoms. The van der Waals surface area contributed by atoms with Gasteiger partial charge >= 0.3 is 18.0 Å². The SMILES string of the molecule is CC(=O)Oc1ccccc1C(=O)O.COc1ccc2c(c1)[C@]13CCCC[C@@H]1[C@H](C2)N(C)CC3.COc1ccccc1OCC(O)COC(N)=O. The minimum Gasteiger partial charge on any atom is -0.497 e. The highest BCUT2D eigenvalue weighted by atomic mass is 16.6. The molecular formula is C38H48N2O10. The number of benzene rings is 3. The van der Waals surface area contributed by atoms with Gasteiger partial charge in [0.05, 0.1) is 14.2 Å². The summed E-state index contributed by atoms with van der Waals surface area (Å²) in [6, 6.07) is 20.6. The van der Waals surface area contributed by atoms with Crippen LogP contribution in [0.5, 0.6) is 23.0 Å². The van der Waals surface area contributed by atoms with E-state index in [0.717, 1.165) is 17.7 Å². The summed E-state index contributed by atoms with van der Waals surface area (Å²) < 4.78 is 25.0. The number of primary amides is 1. The number of carboxylic acids is 1. The number of rotatable bonds is 9. The van der Waals surface area contributed by atoms with E-state index in [-0.39, 0.29) is 24.5 Å². The van der Waals surface area contributed by atoms with Crippen LogP contribution < -0.4 is 24.7 Å². The van der Waals surface area contributed by atoms with Crippen molar-refractivity contribution in [1.82, 2.24) is 4.90 Å². The van der Waals surface area contributed by atoms with Crippen LogP contribution in [0.4, 0.5) is 4.79 Å². The molecule has 12 heteroatoms. The highest BCUT2D eigenvalue weighted by Crippen LogP contribution is 2.55. The summed E-state index contributed by atoms with van der Waals surface area (Å²) in [7, 11) is 5.64. The summed E-state index contributed by atoms with van der Waals surface area (Å²) in [6.07, 6.45) is 6.36. The topological polar surface area (TPSA) is 167 Å². The summed E-state index contributed by atoms with van der Waals surface area (Å²) in [5, 5.41) is 18.1. The Bertz CT molecular complexity index is 1610. The van der Waals surface area contributed by atoms with Crippen molar-refractivity contribution in [3.63, 3.8) is 0 Å². The fourth-order valence-corrected chi connectivity index (χ4v) is 7.34. The van der Waals surface area contributed by atoms with Crippen molar-refractivity contribution in [2.75, 3.05) is 41.0 Å². The van der Waals surface area contributed by atoms with Crippen molar-refractivity contribution in [2.24, 2.45) is 11.7 Å². The van der Waals surface area contributed by atoms with Gasteiger partial charge in [-0.1, -0.05) is 43.2 Å². The molecular weight excluding hydrogens is 644 g/mol. The van der Waals surface area contributed by atoms with Crippen molar-refractivity contribution in [2.45, 2.75) is 63.0 Å². The van der Waals surface area contributed by atoms with Crippen LogP contribution in [0.15, 0.2) is 66.7 Å². The van der Waals surface area contributed by atoms with Gasteiger partial charge in [0.15, 0.2) is 11.5 Å². The van der Waals surface area contributed by atoms with Gasteiger partial charge in [-0.05, 0) is 92.7 Å². The van der Waals surface area contributed by atoms with Crippen LogP contribution in [0, 0.1) is 5.92 Å². The Hall–Kier alpha value is -4.81. The number of amides is 1. The first-order chi connectivity index (χ1) is 24.0. The smallest absolute Gasteiger partial charge is 0.404 e. The number of carbonyl (C=O) groups is 3. The molecule has 2 aliphatic carbocycles. The zero-order valence-electron chi connectivity index (χ0n) is 29.1. The van der Waals surface area contributed by atoms with Crippen LogP contribution in [0.25, 0.3) is 0 Å². The minimum atomic E-state index is -1.11. The molecule has 1 aliphatic heterocycles. The van der Waals surface area contributed by atoms with E-state index in [1.807, 2.05) is 0 Å². The van der Waals surface area contributed by atoms with Crippen molar-refractivity contribution < 1.29 is 48.3 Å². The maximum Gasteiger partial charge on any atom is 0.404 e. The third kappa shape index (κ3) is 9.45. The predicted molar refractivity (Wildman–Crippen MR) is 186 cm³/mol. The molecule has 3 aliphatic rings. The molecule has 2 bridgehead atoms. The standard InChI is InChI=1S/C18H25NO.C11H15NO5.C9H8O4/c1-19-10-9-18-8-4-3-5-15(18)17(19)11-13-6-7-14(20-2)12-16(13)18;1-15-9-4-2-3-5-10(9)16-6-8(13)7-17-11(12)14;1-6(10)13-8-5-3-2-4-7(8)9(11)12/h6-7,12,15,17H,3-5,8-11H2,1-2H3;2-5,8,13H,6-7H2,1H3,(H2,12,14);2-5H,1H3,(H,11,12)/t15-,17+,18+;;/m1../s1. The van der Waals surface area contributed by atoms with E-state index >= 15 is 0 Å². The number of nitrogens with two attached hydrogens (primary N) is 1. The van der Waals surface area contributed by atoms with Crippen molar-refractivity contribution in [3.05, 3.63) is 83.4 Å². The number of esters is 1. The number of ether oxygens (including phenoxy) is 5. The first-order valence-electron chi connectivity index (χ1n) is 16.7. The van der Waals surface area contributed by atoms with Crippen LogP contribution in [0.3, 0.4) is 0 Å². The van der Waals surface area contributed by atoms with Gasteiger partial charge in [0.1, 0.15) is 36.4 Å². The van der Waals surface area contributed by atoms with Crippen molar-refractivity contribution in [3.8, 4) is 23.0 Å². The van der Waals surface area contributed by atoms with Gasteiger partial charge < -0.3 is 44.5 Å². The summed E-state index contributed by atoms with van der Waals surface area (Å²) in [6.45, 7) is 2.26. The molecule has 1 unspecified atom stereocenters. The maximum atomic E-state index is 10.6. The number of aromatic carboxylic acids is 1. The number of aliphatic hydroxyl groups is 1. The molecule has 1 heterocycles. The fraction of sp³-hybridized carbons (Fsp3) is 0.447. The number of carboxylic acid groups (broad SMARTS) is 1. The van der Waals surface area contributed by atoms with Gasteiger partial charge in [0.2, 0.25) is 0 Å². The number of para-hydroxylation sites is 3. The van der Waals surface area contributed by atoms with E-state index in [1.165, 1.54) is 71.2 Å². The monoisotopic (exact) mass is 692 g/mol. The average Bonchev–Trinajstić information content (AvgIpc) is 3.11. The molecule has 270 valence electrons.